The van der Waals surface area contributed by atoms with Gasteiger partial charge in [-0.15, -0.1) is 0 Å². The smallest absolute Gasteiger partial charge is 0.416 e. The summed E-state index contributed by atoms with van der Waals surface area (Å²) in [5.41, 5.74) is -2.02. The Balaban J connectivity index is 1.51. The summed E-state index contributed by atoms with van der Waals surface area (Å²) < 4.78 is 56.1. The van der Waals surface area contributed by atoms with Gasteiger partial charge in [-0.1, -0.05) is 0 Å². The van der Waals surface area contributed by atoms with Crippen molar-refractivity contribution in [3.05, 3.63) is 47.7 Å². The number of rotatable bonds is 5. The molecule has 3 aliphatic rings. The Labute approximate surface area is 181 Å². The molecule has 1 amide bonds. The van der Waals surface area contributed by atoms with Gasteiger partial charge in [-0.25, -0.2) is 4.98 Å². The van der Waals surface area contributed by atoms with Gasteiger partial charge < -0.3 is 24.6 Å². The molecule has 2 aliphatic heterocycles. The Morgan fingerprint density at radius 2 is 2.03 bits per heavy atom. The minimum absolute atomic E-state index is 0.0202. The van der Waals surface area contributed by atoms with Gasteiger partial charge >= 0.3 is 6.18 Å². The number of anilines is 1. The quantitative estimate of drug-likeness (QED) is 0.728. The first-order chi connectivity index (χ1) is 15.2. The average molecular weight is 450 g/mol. The van der Waals surface area contributed by atoms with Gasteiger partial charge in [0.1, 0.15) is 5.75 Å². The summed E-state index contributed by atoms with van der Waals surface area (Å²) in [6.45, 7) is 0. The van der Waals surface area contributed by atoms with Gasteiger partial charge in [-0.3, -0.25) is 4.79 Å². The van der Waals surface area contributed by atoms with E-state index in [9.17, 15) is 23.1 Å². The van der Waals surface area contributed by atoms with Crippen LogP contribution in [0, 0.1) is 5.41 Å². The molecular formula is C22H21F3N2O5. The van der Waals surface area contributed by atoms with E-state index in [1.807, 2.05) is 0 Å². The number of halogens is 3. The van der Waals surface area contributed by atoms with E-state index in [1.54, 1.807) is 18.3 Å². The average Bonchev–Trinajstić information content (AvgIpc) is 3.26. The van der Waals surface area contributed by atoms with Crippen molar-refractivity contribution in [1.82, 2.24) is 4.98 Å². The fraction of sp³-hybridized carbons (Fsp3) is 0.455. The third-order valence-corrected chi connectivity index (χ3v) is 6.97. The number of nitrogens with zero attached hydrogens (tertiary/aromatic N) is 1. The van der Waals surface area contributed by atoms with Gasteiger partial charge in [0, 0.05) is 35.9 Å². The fourth-order valence-corrected chi connectivity index (χ4v) is 5.53. The van der Waals surface area contributed by atoms with Crippen molar-refractivity contribution in [2.45, 2.75) is 42.7 Å². The molecule has 1 aliphatic carbocycles. The van der Waals surface area contributed by atoms with E-state index in [4.69, 9.17) is 14.2 Å². The zero-order valence-electron chi connectivity index (χ0n) is 17.3. The highest BCUT2D eigenvalue weighted by Crippen LogP contribution is 2.77. The van der Waals surface area contributed by atoms with E-state index in [1.165, 1.54) is 20.3 Å². The molecule has 0 radical (unpaired) electrons. The van der Waals surface area contributed by atoms with Gasteiger partial charge in [0.15, 0.2) is 0 Å². The van der Waals surface area contributed by atoms with Crippen LogP contribution in [0.15, 0.2) is 36.5 Å². The Morgan fingerprint density at radius 3 is 2.72 bits per heavy atom. The van der Waals surface area contributed by atoms with Crippen molar-refractivity contribution in [2.75, 3.05) is 19.5 Å². The number of alkyl halides is 3. The number of carbonyl (C=O) groups is 1. The normalized spacial score (nSPS) is 32.4. The summed E-state index contributed by atoms with van der Waals surface area (Å²) in [7, 11) is 2.73. The molecule has 10 heteroatoms. The molecule has 32 heavy (non-hydrogen) atoms. The fourth-order valence-electron chi connectivity index (χ4n) is 5.53. The number of ether oxygens (including phenoxy) is 3. The van der Waals surface area contributed by atoms with Gasteiger partial charge in [0.2, 0.25) is 11.8 Å². The maximum absolute atomic E-state index is 13.5. The zero-order valence-corrected chi connectivity index (χ0v) is 17.3. The molecule has 1 saturated carbocycles. The maximum Gasteiger partial charge on any atom is 0.416 e. The van der Waals surface area contributed by atoms with E-state index in [0.29, 0.717) is 12.3 Å². The summed E-state index contributed by atoms with van der Waals surface area (Å²) in [6.07, 6.45) is -4.23. The first kappa shape index (κ1) is 21.0. The lowest BCUT2D eigenvalue weighted by atomic mass is 9.74. The number of aliphatic hydroxyl groups excluding tert-OH is 1. The molecule has 2 N–H and O–H groups in total. The number of hydrogen-bond donors (Lipinski definition) is 2. The molecule has 7 nitrogen and oxygen atoms in total. The van der Waals surface area contributed by atoms with E-state index >= 15 is 0 Å². The van der Waals surface area contributed by atoms with Crippen molar-refractivity contribution in [3.8, 4) is 11.6 Å². The Hall–Kier alpha value is -2.85. The van der Waals surface area contributed by atoms with Crippen molar-refractivity contribution < 1.29 is 37.3 Å². The van der Waals surface area contributed by atoms with Crippen LogP contribution in [-0.2, 0) is 21.1 Å². The predicted octanol–water partition coefficient (Wildman–Crippen LogP) is 2.92. The lowest BCUT2D eigenvalue weighted by Crippen LogP contribution is -2.44. The number of hydrogen-bond acceptors (Lipinski definition) is 6. The Morgan fingerprint density at radius 1 is 1.25 bits per heavy atom. The number of nitrogens with one attached hydrogen (secondary N) is 1. The summed E-state index contributed by atoms with van der Waals surface area (Å²) in [5.74, 6) is -0.111. The van der Waals surface area contributed by atoms with Crippen LogP contribution in [0.4, 0.5) is 18.9 Å². The van der Waals surface area contributed by atoms with E-state index in [0.717, 1.165) is 17.7 Å². The van der Waals surface area contributed by atoms with Gasteiger partial charge in [0.25, 0.3) is 0 Å². The van der Waals surface area contributed by atoms with Crippen molar-refractivity contribution >= 4 is 11.6 Å². The number of aliphatic hydroxyl groups is 1. The number of amides is 1. The van der Waals surface area contributed by atoms with Crippen LogP contribution in [0.1, 0.15) is 24.0 Å². The van der Waals surface area contributed by atoms with Gasteiger partial charge in [-0.05, 0) is 30.2 Å². The lowest BCUT2D eigenvalue weighted by Gasteiger charge is -2.29. The van der Waals surface area contributed by atoms with Crippen LogP contribution in [0.2, 0.25) is 0 Å². The molecule has 170 valence electrons. The number of aromatic nitrogens is 1. The highest BCUT2D eigenvalue weighted by atomic mass is 19.4. The van der Waals surface area contributed by atoms with Gasteiger partial charge in [0.05, 0.1) is 43.5 Å². The van der Waals surface area contributed by atoms with E-state index in [-0.39, 0.29) is 17.9 Å². The molecule has 0 unspecified atom stereocenters. The molecule has 2 aromatic rings. The van der Waals surface area contributed by atoms with Crippen LogP contribution in [0.25, 0.3) is 0 Å². The summed E-state index contributed by atoms with van der Waals surface area (Å²) in [4.78, 5) is 17.6. The molecule has 5 atom stereocenters. The largest absolute Gasteiger partial charge is 0.497 e. The predicted molar refractivity (Wildman–Crippen MR) is 105 cm³/mol. The summed E-state index contributed by atoms with van der Waals surface area (Å²) >= 11 is 0. The molecule has 3 heterocycles. The minimum Gasteiger partial charge on any atom is -0.497 e. The highest BCUT2D eigenvalue weighted by Gasteiger charge is 2.87. The van der Waals surface area contributed by atoms with Crippen LogP contribution in [-0.4, -0.2) is 48.5 Å². The molecule has 2 saturated heterocycles. The molecule has 1 aromatic heterocycles. The lowest BCUT2D eigenvalue weighted by molar-refractivity contribution is -0.137. The molecular weight excluding hydrogens is 429 g/mol. The molecule has 1 aromatic carbocycles. The van der Waals surface area contributed by atoms with E-state index < -0.39 is 46.8 Å². The SMILES string of the molecule is COc1cc(NC(=O)[C@]23C[C@@]2(c2ccnc(OC)c2)[C@H]2O[C@@H]3C[C@@H]2O)cc(C(F)(F)F)c1. The molecule has 3 fully saturated rings. The van der Waals surface area contributed by atoms with Crippen molar-refractivity contribution in [1.29, 1.82) is 0 Å². The molecule has 5 rings (SSSR count). The second kappa shape index (κ2) is 6.82. The number of methoxy groups -OCH3 is 2. The highest BCUT2D eigenvalue weighted by molar-refractivity contribution is 6.01. The van der Waals surface area contributed by atoms with Crippen molar-refractivity contribution in [2.24, 2.45) is 5.41 Å². The topological polar surface area (TPSA) is 89.9 Å². The number of fused-ring (bicyclic) bond motifs is 5. The number of benzene rings is 1. The standard InChI is InChI=1S/C22H21F3N2O5/c1-30-14-6-12(22(23,24)25)5-13(8-14)27-19(29)21-10-20(21,18-15(28)9-16(21)32-18)11-3-4-26-17(7-11)31-2/h3-8,15-16,18,28H,9-10H2,1-2H3,(H,27,29)/t15-,16+,18-,20+,21+/m0/s1. The van der Waals surface area contributed by atoms with Crippen molar-refractivity contribution in [3.63, 3.8) is 0 Å². The van der Waals surface area contributed by atoms with E-state index in [2.05, 4.69) is 10.3 Å². The first-order valence-corrected chi connectivity index (χ1v) is 10.1. The van der Waals surface area contributed by atoms with Crippen LogP contribution < -0.4 is 14.8 Å². The van der Waals surface area contributed by atoms with Crippen LogP contribution >= 0.6 is 0 Å². The Bertz CT molecular complexity index is 1090. The Kier molecular flexibility index (Phi) is 4.48. The summed E-state index contributed by atoms with van der Waals surface area (Å²) in [5, 5.41) is 13.2. The zero-order chi connectivity index (χ0) is 22.9. The minimum atomic E-state index is -4.59. The second-order valence-corrected chi connectivity index (χ2v) is 8.46. The number of carbonyl (C=O) groups excluding carboxylic acids is 1. The molecule has 2 bridgehead atoms. The van der Waals surface area contributed by atoms with Gasteiger partial charge in [-0.2, -0.15) is 13.2 Å². The summed E-state index contributed by atoms with van der Waals surface area (Å²) in [6, 6.07) is 6.54. The van der Waals surface area contributed by atoms with Crippen LogP contribution in [0.3, 0.4) is 0 Å². The second-order valence-electron chi connectivity index (χ2n) is 8.46. The first-order valence-electron chi connectivity index (χ1n) is 10.1. The monoisotopic (exact) mass is 450 g/mol. The number of pyridine rings is 1. The molecule has 0 spiro atoms. The van der Waals surface area contributed by atoms with Crippen LogP contribution in [0.5, 0.6) is 11.6 Å². The third-order valence-electron chi connectivity index (χ3n) is 6.97. The third kappa shape index (κ3) is 2.75. The maximum atomic E-state index is 13.5.